The molecule has 38 heavy (non-hydrogen) atoms. The molecule has 3 fully saturated rings. The van der Waals surface area contributed by atoms with Gasteiger partial charge in [0.1, 0.15) is 6.10 Å². The molecular formula is C34H56O4. The molecule has 4 aliphatic carbocycles. The molecule has 4 rings (SSSR count). The van der Waals surface area contributed by atoms with Gasteiger partial charge in [0.2, 0.25) is 0 Å². The Morgan fingerprint density at radius 2 is 1.63 bits per heavy atom. The number of fused-ring (bicyclic) bond motifs is 5. The lowest BCUT2D eigenvalue weighted by molar-refractivity contribution is -0.120. The van der Waals surface area contributed by atoms with E-state index in [2.05, 4.69) is 27.7 Å². The minimum atomic E-state index is -0.448. The van der Waals surface area contributed by atoms with E-state index in [0.717, 1.165) is 51.4 Å². The van der Waals surface area contributed by atoms with Gasteiger partial charge in [-0.2, -0.15) is 0 Å². The van der Waals surface area contributed by atoms with E-state index >= 15 is 0 Å². The van der Waals surface area contributed by atoms with Crippen molar-refractivity contribution in [3.63, 3.8) is 0 Å². The third-order valence-electron chi connectivity index (χ3n) is 11.2. The summed E-state index contributed by atoms with van der Waals surface area (Å²) in [5.74, 6) is 4.11. The van der Waals surface area contributed by atoms with Gasteiger partial charge >= 0.3 is 6.16 Å². The van der Waals surface area contributed by atoms with Crippen LogP contribution in [-0.4, -0.2) is 24.6 Å². The molecular weight excluding hydrogens is 472 g/mol. The van der Waals surface area contributed by atoms with E-state index < -0.39 is 6.16 Å². The number of hydrogen-bond acceptors (Lipinski definition) is 4. The van der Waals surface area contributed by atoms with Crippen molar-refractivity contribution in [3.05, 3.63) is 11.6 Å². The van der Waals surface area contributed by atoms with E-state index in [1.807, 2.05) is 6.08 Å². The van der Waals surface area contributed by atoms with Gasteiger partial charge in [0, 0.05) is 11.8 Å². The number of carbonyl (C=O) groups is 2. The molecule has 0 N–H and O–H groups in total. The maximum atomic E-state index is 12.7. The first kappa shape index (κ1) is 29.7. The van der Waals surface area contributed by atoms with Crippen molar-refractivity contribution in [3.8, 4) is 0 Å². The van der Waals surface area contributed by atoms with Crippen LogP contribution in [0.3, 0.4) is 0 Å². The number of allylic oxidation sites excluding steroid dienone is 1. The van der Waals surface area contributed by atoms with E-state index in [1.54, 1.807) is 0 Å². The van der Waals surface area contributed by atoms with Gasteiger partial charge in [-0.1, -0.05) is 97.5 Å². The van der Waals surface area contributed by atoms with Crippen molar-refractivity contribution >= 4 is 11.9 Å². The fraction of sp³-hybridized carbons (Fsp3) is 0.882. The molecule has 4 aliphatic rings. The summed E-state index contributed by atoms with van der Waals surface area (Å²) in [5.41, 5.74) is 1.48. The molecule has 0 radical (unpaired) electrons. The van der Waals surface area contributed by atoms with Crippen LogP contribution < -0.4 is 0 Å². The molecule has 0 unspecified atom stereocenters. The number of unbranched alkanes of at least 4 members (excludes halogenated alkanes) is 9. The molecule has 0 aromatic carbocycles. The first-order valence-corrected chi connectivity index (χ1v) is 16.5. The van der Waals surface area contributed by atoms with Gasteiger partial charge < -0.3 is 9.47 Å². The average Bonchev–Trinajstić information content (AvgIpc) is 3.21. The topological polar surface area (TPSA) is 52.6 Å². The summed E-state index contributed by atoms with van der Waals surface area (Å²) in [6.45, 7) is 9.92. The van der Waals surface area contributed by atoms with Gasteiger partial charge in [-0.3, -0.25) is 4.79 Å². The predicted molar refractivity (Wildman–Crippen MR) is 154 cm³/mol. The Hall–Kier alpha value is -1.32. The molecule has 3 saturated carbocycles. The highest BCUT2D eigenvalue weighted by atomic mass is 16.7. The lowest BCUT2D eigenvalue weighted by atomic mass is 9.46. The van der Waals surface area contributed by atoms with Gasteiger partial charge in [-0.25, -0.2) is 4.79 Å². The van der Waals surface area contributed by atoms with Crippen LogP contribution in [0.25, 0.3) is 0 Å². The van der Waals surface area contributed by atoms with Crippen molar-refractivity contribution in [2.45, 2.75) is 143 Å². The molecule has 0 aliphatic heterocycles. The third-order valence-corrected chi connectivity index (χ3v) is 11.2. The average molecular weight is 529 g/mol. The zero-order valence-corrected chi connectivity index (χ0v) is 25.0. The highest BCUT2D eigenvalue weighted by Gasteiger charge is 2.61. The summed E-state index contributed by atoms with van der Waals surface area (Å²) in [6.07, 6.45) is 21.5. The summed E-state index contributed by atoms with van der Waals surface area (Å²) in [4.78, 5) is 24.9. The first-order valence-electron chi connectivity index (χ1n) is 16.5. The number of rotatable bonds is 13. The maximum Gasteiger partial charge on any atom is 0.508 e. The Balaban J connectivity index is 1.24. The molecule has 8 atom stereocenters. The molecule has 0 spiro atoms. The molecule has 4 heteroatoms. The number of ketones is 1. The van der Waals surface area contributed by atoms with Crippen molar-refractivity contribution in [2.75, 3.05) is 6.61 Å². The van der Waals surface area contributed by atoms with Crippen LogP contribution in [-0.2, 0) is 14.3 Å². The van der Waals surface area contributed by atoms with E-state index in [1.165, 1.54) is 63.4 Å². The van der Waals surface area contributed by atoms with Crippen LogP contribution in [0.4, 0.5) is 4.79 Å². The summed E-state index contributed by atoms with van der Waals surface area (Å²) >= 11 is 0. The second-order valence-corrected chi connectivity index (χ2v) is 13.6. The normalized spacial score (nSPS) is 36.2. The van der Waals surface area contributed by atoms with Crippen LogP contribution in [0.15, 0.2) is 11.6 Å². The molecule has 0 bridgehead atoms. The van der Waals surface area contributed by atoms with E-state index in [4.69, 9.17) is 9.47 Å². The Morgan fingerprint density at radius 1 is 0.947 bits per heavy atom. The highest BCUT2D eigenvalue weighted by Crippen LogP contribution is 2.65. The maximum absolute atomic E-state index is 12.7. The van der Waals surface area contributed by atoms with Gasteiger partial charge in [-0.15, -0.1) is 0 Å². The van der Waals surface area contributed by atoms with Crippen molar-refractivity contribution in [2.24, 2.45) is 40.9 Å². The molecule has 0 amide bonds. The molecule has 4 nitrogen and oxygen atoms in total. The standard InChI is InChI=1S/C34H56O4/c1-5-7-8-9-10-11-12-13-14-15-20-37-33(36)38-30-19-18-29-31-24(3)21-26-22-27(35)16-17-28(26)32(31)25(6-2)23-34(29,30)4/h22,24-25,28-32H,5-21,23H2,1-4H3/t24-,25+,28+,29+,30+,31+,32-,34+/m1/s1. The molecule has 0 aromatic rings. The van der Waals surface area contributed by atoms with Crippen molar-refractivity contribution in [1.29, 1.82) is 0 Å². The highest BCUT2D eigenvalue weighted by molar-refractivity contribution is 5.91. The number of ether oxygens (including phenoxy) is 2. The van der Waals surface area contributed by atoms with E-state index in [9.17, 15) is 9.59 Å². The quantitative estimate of drug-likeness (QED) is 0.176. The summed E-state index contributed by atoms with van der Waals surface area (Å²) < 4.78 is 11.6. The van der Waals surface area contributed by atoms with Gasteiger partial charge in [0.05, 0.1) is 6.61 Å². The molecule has 0 aromatic heterocycles. The summed E-state index contributed by atoms with van der Waals surface area (Å²) in [5, 5.41) is 0. The monoisotopic (exact) mass is 528 g/mol. The van der Waals surface area contributed by atoms with Crippen LogP contribution >= 0.6 is 0 Å². The Kier molecular flexibility index (Phi) is 10.8. The van der Waals surface area contributed by atoms with Crippen LogP contribution in [0.2, 0.25) is 0 Å². The van der Waals surface area contributed by atoms with Crippen molar-refractivity contribution < 1.29 is 19.1 Å². The number of carbonyl (C=O) groups excluding carboxylic acids is 2. The van der Waals surface area contributed by atoms with Crippen LogP contribution in [0.1, 0.15) is 137 Å². The van der Waals surface area contributed by atoms with Crippen LogP contribution in [0, 0.1) is 40.9 Å². The largest absolute Gasteiger partial charge is 0.508 e. The second kappa shape index (κ2) is 13.8. The molecule has 0 saturated heterocycles. The van der Waals surface area contributed by atoms with E-state index in [0.29, 0.717) is 47.9 Å². The van der Waals surface area contributed by atoms with Crippen molar-refractivity contribution in [1.82, 2.24) is 0 Å². The first-order chi connectivity index (χ1) is 18.4. The number of hydrogen-bond donors (Lipinski definition) is 0. The molecule has 216 valence electrons. The summed E-state index contributed by atoms with van der Waals surface area (Å²) in [7, 11) is 0. The Labute approximate surface area is 233 Å². The van der Waals surface area contributed by atoms with Gasteiger partial charge in [0.25, 0.3) is 0 Å². The lowest BCUT2D eigenvalue weighted by Gasteiger charge is -2.59. The minimum Gasteiger partial charge on any atom is -0.434 e. The predicted octanol–water partition coefficient (Wildman–Crippen LogP) is 9.45. The smallest absolute Gasteiger partial charge is 0.434 e. The fourth-order valence-electron chi connectivity index (χ4n) is 9.33. The second-order valence-electron chi connectivity index (χ2n) is 13.6. The zero-order valence-electron chi connectivity index (χ0n) is 25.0. The summed E-state index contributed by atoms with van der Waals surface area (Å²) in [6, 6.07) is 0. The lowest BCUT2D eigenvalue weighted by Crippen LogP contribution is -2.54. The van der Waals surface area contributed by atoms with E-state index in [-0.39, 0.29) is 11.5 Å². The Morgan fingerprint density at radius 3 is 2.32 bits per heavy atom. The van der Waals surface area contributed by atoms with Gasteiger partial charge in [-0.05, 0) is 80.1 Å². The third kappa shape index (κ3) is 6.69. The zero-order chi connectivity index (χ0) is 27.1. The van der Waals surface area contributed by atoms with Gasteiger partial charge in [0.15, 0.2) is 5.78 Å². The van der Waals surface area contributed by atoms with Crippen LogP contribution in [0.5, 0.6) is 0 Å². The Bertz CT molecular complexity index is 817. The fourth-order valence-corrected chi connectivity index (χ4v) is 9.33. The SMILES string of the molecule is CCCCCCCCCCCCOC(=O)O[C@H]1CC[C@H]2[C@H]3[C@H]([C@@H](CC)C[C@]12C)[C@H]1CCC(=O)C=C1C[C@H]3C. The molecule has 0 heterocycles. The minimum absolute atomic E-state index is 0.0280.